The fraction of sp³-hybridized carbons (Fsp3) is 0.683. The van der Waals surface area contributed by atoms with E-state index in [2.05, 4.69) is 23.1 Å². The van der Waals surface area contributed by atoms with Crippen molar-refractivity contribution in [3.05, 3.63) is 47.9 Å². The zero-order valence-corrected chi connectivity index (χ0v) is 34.8. The average molecular weight is 818 g/mol. The standard InChI is InChI=1S/C41H64N5O10P/c1-4-5-6-7-8-9-10-11-12-13-14-15-16-17-18-19-24-52-27-33(55-32-21-20-31(26-42)35(25-32)51-3)28-53-57(49,50)54-29-36-38(47)39(48)41(2,56-36)37-23-22-34-40(43)44-30-45-46(34)37/h20-23,25,30,33,36,38-39,47-48H,4-19,24,27-29H2,1-3H3,(H,49,50)(H2,43,44,45)/t33-,36-,38-,39-,41+/m1/s1. The van der Waals surface area contributed by atoms with Crippen LogP contribution in [0.1, 0.15) is 128 Å². The number of hydrogen-bond donors (Lipinski definition) is 4. The second-order valence-electron chi connectivity index (χ2n) is 15.0. The predicted molar refractivity (Wildman–Crippen MR) is 216 cm³/mol. The number of hydrogen-bond acceptors (Lipinski definition) is 13. The number of nitrogens with two attached hydrogens (primary N) is 1. The fourth-order valence-electron chi connectivity index (χ4n) is 7.15. The molecule has 0 spiro atoms. The van der Waals surface area contributed by atoms with Crippen molar-refractivity contribution in [2.75, 3.05) is 39.3 Å². The molecule has 0 radical (unpaired) electrons. The smallest absolute Gasteiger partial charge is 0.472 e. The normalized spacial score (nSPS) is 21.0. The Balaban J connectivity index is 1.20. The van der Waals surface area contributed by atoms with Crippen LogP contribution in [-0.2, 0) is 28.7 Å². The Morgan fingerprint density at radius 3 is 2.19 bits per heavy atom. The summed E-state index contributed by atoms with van der Waals surface area (Å²) in [6.45, 7) is 3.40. The van der Waals surface area contributed by atoms with E-state index >= 15 is 0 Å². The summed E-state index contributed by atoms with van der Waals surface area (Å²) < 4.78 is 48.4. The molecule has 3 aromatic rings. The molecular weight excluding hydrogens is 753 g/mol. The maximum Gasteiger partial charge on any atom is 0.472 e. The highest BCUT2D eigenvalue weighted by molar-refractivity contribution is 7.47. The number of aromatic nitrogens is 3. The fourth-order valence-corrected chi connectivity index (χ4v) is 7.92. The Labute approximate surface area is 337 Å². The molecule has 0 bridgehead atoms. The van der Waals surface area contributed by atoms with Crippen LogP contribution >= 0.6 is 7.82 Å². The lowest BCUT2D eigenvalue weighted by molar-refractivity contribution is -0.0892. The number of ether oxygens (including phenoxy) is 4. The first-order valence-electron chi connectivity index (χ1n) is 20.6. The van der Waals surface area contributed by atoms with Crippen molar-refractivity contribution in [2.24, 2.45) is 0 Å². The van der Waals surface area contributed by atoms with Gasteiger partial charge in [-0.2, -0.15) is 10.4 Å². The van der Waals surface area contributed by atoms with E-state index in [9.17, 15) is 24.9 Å². The van der Waals surface area contributed by atoms with Crippen molar-refractivity contribution in [3.63, 3.8) is 0 Å². The Bertz CT molecular complexity index is 1720. The van der Waals surface area contributed by atoms with Gasteiger partial charge in [0.25, 0.3) is 0 Å². The van der Waals surface area contributed by atoms with Crippen molar-refractivity contribution >= 4 is 19.2 Å². The summed E-state index contributed by atoms with van der Waals surface area (Å²) in [5, 5.41) is 35.4. The molecule has 1 unspecified atom stereocenters. The Hall–Kier alpha value is -3.32. The van der Waals surface area contributed by atoms with Gasteiger partial charge in [-0.3, -0.25) is 9.05 Å². The van der Waals surface area contributed by atoms with Gasteiger partial charge in [0.05, 0.1) is 38.2 Å². The van der Waals surface area contributed by atoms with Gasteiger partial charge in [-0.25, -0.2) is 14.1 Å². The molecule has 1 saturated heterocycles. The molecule has 0 amide bonds. The average Bonchev–Trinajstić information content (AvgIpc) is 3.75. The molecule has 5 N–H and O–H groups in total. The Morgan fingerprint density at radius 2 is 1.58 bits per heavy atom. The molecule has 16 heteroatoms. The van der Waals surface area contributed by atoms with Crippen LogP contribution in [-0.4, -0.2) is 87.7 Å². The van der Waals surface area contributed by atoms with Crippen LogP contribution < -0.4 is 15.2 Å². The zero-order valence-electron chi connectivity index (χ0n) is 33.9. The van der Waals surface area contributed by atoms with Crippen LogP contribution in [0.5, 0.6) is 11.5 Å². The molecule has 1 aliphatic heterocycles. The number of nitrogens with zero attached hydrogens (tertiary/aromatic N) is 4. The van der Waals surface area contributed by atoms with Crippen LogP contribution in [0.25, 0.3) is 5.52 Å². The van der Waals surface area contributed by atoms with E-state index in [0.717, 1.165) is 19.3 Å². The lowest BCUT2D eigenvalue weighted by Gasteiger charge is -2.27. The van der Waals surface area contributed by atoms with E-state index in [1.165, 1.54) is 101 Å². The first-order chi connectivity index (χ1) is 27.5. The minimum Gasteiger partial charge on any atom is -0.495 e. The van der Waals surface area contributed by atoms with E-state index in [0.29, 0.717) is 34.9 Å². The second-order valence-corrected chi connectivity index (χ2v) is 16.5. The molecule has 3 heterocycles. The van der Waals surface area contributed by atoms with Gasteiger partial charge in [-0.15, -0.1) is 0 Å². The monoisotopic (exact) mass is 817 g/mol. The van der Waals surface area contributed by atoms with Gasteiger partial charge in [-0.05, 0) is 37.6 Å². The highest BCUT2D eigenvalue weighted by Gasteiger charge is 2.54. The predicted octanol–water partition coefficient (Wildman–Crippen LogP) is 7.39. The van der Waals surface area contributed by atoms with E-state index in [4.69, 9.17) is 33.7 Å². The first-order valence-corrected chi connectivity index (χ1v) is 22.1. The van der Waals surface area contributed by atoms with Crippen molar-refractivity contribution in [1.29, 1.82) is 5.26 Å². The molecule has 0 saturated carbocycles. The first kappa shape index (κ1) is 46.4. The minimum absolute atomic E-state index is 0.0510. The summed E-state index contributed by atoms with van der Waals surface area (Å²) in [6, 6.07) is 10.1. The number of unbranched alkanes of at least 4 members (excludes halogenated alkanes) is 15. The molecule has 4 rings (SSSR count). The number of phosphoric ester groups is 1. The Morgan fingerprint density at radius 1 is 0.947 bits per heavy atom. The van der Waals surface area contributed by atoms with Crippen LogP contribution in [0, 0.1) is 11.3 Å². The molecule has 1 fully saturated rings. The molecule has 57 heavy (non-hydrogen) atoms. The van der Waals surface area contributed by atoms with Gasteiger partial charge in [0, 0.05) is 12.7 Å². The number of anilines is 1. The van der Waals surface area contributed by atoms with Crippen LogP contribution in [0.2, 0.25) is 0 Å². The van der Waals surface area contributed by atoms with Crippen molar-refractivity contribution in [2.45, 2.75) is 147 Å². The summed E-state index contributed by atoms with van der Waals surface area (Å²) >= 11 is 0. The number of aliphatic hydroxyl groups is 2. The summed E-state index contributed by atoms with van der Waals surface area (Å²) in [5.74, 6) is 0.880. The molecule has 6 atom stereocenters. The number of nitriles is 1. The van der Waals surface area contributed by atoms with Gasteiger partial charge < -0.3 is 39.8 Å². The number of fused-ring (bicyclic) bond motifs is 1. The van der Waals surface area contributed by atoms with Crippen molar-refractivity contribution in [1.82, 2.24) is 14.6 Å². The third kappa shape index (κ3) is 14.2. The second kappa shape index (κ2) is 23.9. The molecule has 318 valence electrons. The molecular formula is C41H64N5O10P. The third-order valence-electron chi connectivity index (χ3n) is 10.5. The number of methoxy groups -OCH3 is 1. The molecule has 2 aromatic heterocycles. The lowest BCUT2D eigenvalue weighted by atomic mass is 9.93. The molecule has 0 aliphatic carbocycles. The van der Waals surface area contributed by atoms with Gasteiger partial charge >= 0.3 is 7.82 Å². The number of phosphoric acid groups is 1. The number of benzene rings is 1. The summed E-state index contributed by atoms with van der Waals surface area (Å²) in [4.78, 5) is 14.6. The maximum absolute atomic E-state index is 13.1. The van der Waals surface area contributed by atoms with Gasteiger partial charge in [0.2, 0.25) is 0 Å². The Kier molecular flexibility index (Phi) is 19.5. The lowest BCUT2D eigenvalue weighted by Crippen LogP contribution is -2.39. The summed E-state index contributed by atoms with van der Waals surface area (Å²) in [5.41, 5.74) is 5.69. The van der Waals surface area contributed by atoms with Crippen LogP contribution in [0.4, 0.5) is 5.82 Å². The quantitative estimate of drug-likeness (QED) is 0.0397. The summed E-state index contributed by atoms with van der Waals surface area (Å²) in [6.07, 6.45) is 16.7. The zero-order chi connectivity index (χ0) is 41.1. The topological polar surface area (TPSA) is 213 Å². The highest BCUT2D eigenvalue weighted by atomic mass is 31.2. The largest absolute Gasteiger partial charge is 0.495 e. The number of nitrogen functional groups attached to an aromatic ring is 1. The molecule has 1 aromatic carbocycles. The van der Waals surface area contributed by atoms with E-state index in [1.807, 2.05) is 0 Å². The molecule has 15 nitrogen and oxygen atoms in total. The SMILES string of the molecule is CCCCCCCCCCCCCCCCCCOC[C@H](COP(=O)(O)OC[C@H]1O[C@@](C)(c2ccc3c(N)ncnn23)[C@H](O)[C@@H]1O)Oc1ccc(C#N)c(OC)c1. The highest BCUT2D eigenvalue weighted by Crippen LogP contribution is 2.46. The van der Waals surface area contributed by atoms with Crippen LogP contribution in [0.15, 0.2) is 36.7 Å². The minimum atomic E-state index is -4.72. The third-order valence-corrected chi connectivity index (χ3v) is 11.5. The van der Waals surface area contributed by atoms with Crippen molar-refractivity contribution in [3.8, 4) is 17.6 Å². The van der Waals surface area contributed by atoms with Gasteiger partial charge in [-0.1, -0.05) is 103 Å². The number of rotatable bonds is 29. The maximum atomic E-state index is 13.1. The number of aliphatic hydroxyl groups excluding tert-OH is 2. The molecule has 1 aliphatic rings. The van der Waals surface area contributed by atoms with Crippen LogP contribution in [0.3, 0.4) is 0 Å². The summed E-state index contributed by atoms with van der Waals surface area (Å²) in [7, 11) is -3.28. The van der Waals surface area contributed by atoms with E-state index in [-0.39, 0.29) is 19.0 Å². The van der Waals surface area contributed by atoms with Gasteiger partial charge in [0.1, 0.15) is 59.4 Å². The van der Waals surface area contributed by atoms with E-state index < -0.39 is 44.4 Å². The van der Waals surface area contributed by atoms with E-state index in [1.54, 1.807) is 37.3 Å². The van der Waals surface area contributed by atoms with Gasteiger partial charge in [0.15, 0.2) is 5.82 Å². The van der Waals surface area contributed by atoms with Crippen molar-refractivity contribution < 1.29 is 47.7 Å².